The molecule has 0 aliphatic carbocycles. The molecule has 3 heterocycles. The van der Waals surface area contributed by atoms with Crippen LogP contribution in [0.2, 0.25) is 0 Å². The molecule has 236 valence electrons. The topological polar surface area (TPSA) is 99.6 Å². The molecule has 0 radical (unpaired) electrons. The highest BCUT2D eigenvalue weighted by molar-refractivity contribution is 6.03. The summed E-state index contributed by atoms with van der Waals surface area (Å²) in [6.45, 7) is 22.0. The largest absolute Gasteiger partial charge is 0.494 e. The number of fused-ring (bicyclic) bond motifs is 1. The first-order chi connectivity index (χ1) is 20.3. The van der Waals surface area contributed by atoms with Gasteiger partial charge >= 0.3 is 0 Å². The maximum absolute atomic E-state index is 14.7. The van der Waals surface area contributed by atoms with E-state index in [1.807, 2.05) is 72.7 Å². The van der Waals surface area contributed by atoms with E-state index in [4.69, 9.17) is 9.47 Å². The Hall–Kier alpha value is -3.17. The molecule has 3 aliphatic heterocycles. The molecule has 1 spiro atoms. The lowest BCUT2D eigenvalue weighted by molar-refractivity contribution is -0.157. The Morgan fingerprint density at radius 1 is 1.14 bits per heavy atom. The van der Waals surface area contributed by atoms with Crippen LogP contribution in [0.5, 0.6) is 5.75 Å². The van der Waals surface area contributed by atoms with E-state index in [0.717, 1.165) is 0 Å². The number of amides is 3. The summed E-state index contributed by atoms with van der Waals surface area (Å²) in [7, 11) is 0. The SMILES string of the molecule is C=CCN(C(=O)[C@H]1[C@H]2C(=O)N([C@@H](CO)C(C)C)C(C(=O)N(CC=C)C(C)C)C23CC(C)[C@]1(C)O3)c1ccc(OCC)cc1. The Balaban J connectivity index is 1.86. The van der Waals surface area contributed by atoms with Gasteiger partial charge in [0.05, 0.1) is 36.7 Å². The van der Waals surface area contributed by atoms with E-state index in [-0.39, 0.29) is 48.8 Å². The number of likely N-dealkylation sites (tertiary alicyclic amines) is 1. The van der Waals surface area contributed by atoms with Crippen LogP contribution in [0.4, 0.5) is 5.69 Å². The van der Waals surface area contributed by atoms with Crippen LogP contribution in [0.25, 0.3) is 0 Å². The Labute approximate surface area is 256 Å². The second-order valence-electron chi connectivity index (χ2n) is 13.0. The molecule has 1 aromatic rings. The van der Waals surface area contributed by atoms with Gasteiger partial charge in [0.1, 0.15) is 17.4 Å². The third kappa shape index (κ3) is 5.18. The minimum atomic E-state index is -1.21. The van der Waals surface area contributed by atoms with Crippen molar-refractivity contribution in [2.24, 2.45) is 23.7 Å². The number of rotatable bonds is 13. The second kappa shape index (κ2) is 12.4. The van der Waals surface area contributed by atoms with E-state index >= 15 is 0 Å². The zero-order chi connectivity index (χ0) is 31.9. The Bertz CT molecular complexity index is 1230. The van der Waals surface area contributed by atoms with E-state index in [0.29, 0.717) is 31.0 Å². The molecule has 9 nitrogen and oxygen atoms in total. The summed E-state index contributed by atoms with van der Waals surface area (Å²) in [6.07, 6.45) is 3.79. The van der Waals surface area contributed by atoms with Gasteiger partial charge < -0.3 is 29.3 Å². The standard InChI is InChI=1S/C34H49N3O6/c1-10-17-35(22(6)7)32(41)29-34-19-23(8)33(9,43-34)27(28(34)31(40)37(29)26(20-38)21(4)5)30(39)36(18-11-2)24-13-15-25(16-14-24)42-12-3/h10-11,13-16,21-23,26-29,38H,1-2,12,17-20H2,3-9H3/t23?,26-,27+,28-,29?,33-,34?/m0/s1. The number of aliphatic hydroxyl groups excluding tert-OH is 1. The van der Waals surface area contributed by atoms with Crippen molar-refractivity contribution in [1.29, 1.82) is 0 Å². The summed E-state index contributed by atoms with van der Waals surface area (Å²) in [5.74, 6) is -2.07. The van der Waals surface area contributed by atoms with Gasteiger partial charge in [-0.3, -0.25) is 14.4 Å². The van der Waals surface area contributed by atoms with Crippen LogP contribution >= 0.6 is 0 Å². The van der Waals surface area contributed by atoms with E-state index in [2.05, 4.69) is 13.2 Å². The zero-order valence-electron chi connectivity index (χ0n) is 26.8. The van der Waals surface area contributed by atoms with Gasteiger partial charge in [0.25, 0.3) is 0 Å². The van der Waals surface area contributed by atoms with Crippen molar-refractivity contribution < 1.29 is 29.0 Å². The normalized spacial score (nSPS) is 30.0. The molecule has 4 rings (SSSR count). The lowest BCUT2D eigenvalue weighted by atomic mass is 9.62. The molecule has 1 N–H and O–H groups in total. The number of hydrogen-bond donors (Lipinski definition) is 1. The van der Waals surface area contributed by atoms with E-state index in [9.17, 15) is 19.5 Å². The van der Waals surface area contributed by atoms with Gasteiger partial charge in [0, 0.05) is 24.8 Å². The van der Waals surface area contributed by atoms with Crippen LogP contribution in [-0.4, -0.2) is 88.3 Å². The fraction of sp³-hybridized carbons (Fsp3) is 0.618. The predicted octanol–water partition coefficient (Wildman–Crippen LogP) is 4.05. The highest BCUT2D eigenvalue weighted by Gasteiger charge is 2.80. The first kappa shape index (κ1) is 32.7. The molecule has 0 aromatic heterocycles. The third-order valence-electron chi connectivity index (χ3n) is 9.84. The Morgan fingerprint density at radius 3 is 2.28 bits per heavy atom. The Kier molecular flexibility index (Phi) is 9.47. The van der Waals surface area contributed by atoms with Crippen LogP contribution in [0.3, 0.4) is 0 Å². The van der Waals surface area contributed by atoms with Crippen LogP contribution in [0.15, 0.2) is 49.6 Å². The van der Waals surface area contributed by atoms with Crippen molar-refractivity contribution >= 4 is 23.4 Å². The van der Waals surface area contributed by atoms with Crippen molar-refractivity contribution in [3.05, 3.63) is 49.6 Å². The highest BCUT2D eigenvalue weighted by Crippen LogP contribution is 2.66. The first-order valence-electron chi connectivity index (χ1n) is 15.5. The Morgan fingerprint density at radius 2 is 1.77 bits per heavy atom. The van der Waals surface area contributed by atoms with Gasteiger partial charge in [-0.05, 0) is 70.2 Å². The smallest absolute Gasteiger partial charge is 0.248 e. The van der Waals surface area contributed by atoms with E-state index in [1.54, 1.807) is 26.9 Å². The first-order valence-corrected chi connectivity index (χ1v) is 15.5. The average molecular weight is 596 g/mol. The zero-order valence-corrected chi connectivity index (χ0v) is 26.8. The number of nitrogens with zero attached hydrogens (tertiary/aromatic N) is 3. The maximum atomic E-state index is 14.7. The maximum Gasteiger partial charge on any atom is 0.248 e. The highest BCUT2D eigenvalue weighted by atomic mass is 16.5. The predicted molar refractivity (Wildman–Crippen MR) is 167 cm³/mol. The molecule has 3 saturated heterocycles. The third-order valence-corrected chi connectivity index (χ3v) is 9.84. The van der Waals surface area contributed by atoms with Crippen LogP contribution in [-0.2, 0) is 19.1 Å². The molecule has 3 unspecified atom stereocenters. The van der Waals surface area contributed by atoms with Crippen LogP contribution in [0.1, 0.15) is 54.9 Å². The number of hydrogen-bond acceptors (Lipinski definition) is 6. The van der Waals surface area contributed by atoms with Crippen molar-refractivity contribution in [2.75, 3.05) is 31.2 Å². The average Bonchev–Trinajstić information content (AvgIpc) is 3.47. The molecular formula is C34H49N3O6. The monoisotopic (exact) mass is 595 g/mol. The molecule has 7 atom stereocenters. The van der Waals surface area contributed by atoms with Gasteiger partial charge in [-0.25, -0.2) is 0 Å². The van der Waals surface area contributed by atoms with Gasteiger partial charge in [-0.1, -0.05) is 32.9 Å². The molecule has 9 heteroatoms. The van der Waals surface area contributed by atoms with Gasteiger partial charge in [0.15, 0.2) is 0 Å². The summed E-state index contributed by atoms with van der Waals surface area (Å²) >= 11 is 0. The lowest BCUT2D eigenvalue weighted by Gasteiger charge is -2.41. The summed E-state index contributed by atoms with van der Waals surface area (Å²) < 4.78 is 12.5. The molecule has 0 saturated carbocycles. The fourth-order valence-corrected chi connectivity index (χ4v) is 7.67. The van der Waals surface area contributed by atoms with Crippen LogP contribution in [0, 0.1) is 23.7 Å². The number of anilines is 1. The molecular weight excluding hydrogens is 546 g/mol. The summed E-state index contributed by atoms with van der Waals surface area (Å²) in [6, 6.07) is 5.54. The van der Waals surface area contributed by atoms with Crippen molar-refractivity contribution in [3.63, 3.8) is 0 Å². The molecule has 3 amide bonds. The number of carbonyl (C=O) groups excluding carboxylic acids is 3. The number of benzene rings is 1. The lowest BCUT2D eigenvalue weighted by Crippen LogP contribution is -2.60. The fourth-order valence-electron chi connectivity index (χ4n) is 7.67. The molecule has 1 aromatic carbocycles. The molecule has 43 heavy (non-hydrogen) atoms. The van der Waals surface area contributed by atoms with Gasteiger partial charge in [-0.2, -0.15) is 0 Å². The molecule has 3 fully saturated rings. The van der Waals surface area contributed by atoms with Gasteiger partial charge in [0.2, 0.25) is 17.7 Å². The minimum Gasteiger partial charge on any atom is -0.494 e. The van der Waals surface area contributed by atoms with E-state index in [1.165, 1.54) is 0 Å². The van der Waals surface area contributed by atoms with E-state index < -0.39 is 35.1 Å². The van der Waals surface area contributed by atoms with Gasteiger partial charge in [-0.15, -0.1) is 13.2 Å². The molecule has 2 bridgehead atoms. The van der Waals surface area contributed by atoms with Crippen molar-refractivity contribution in [3.8, 4) is 5.75 Å². The second-order valence-corrected chi connectivity index (χ2v) is 13.0. The molecule has 3 aliphatic rings. The van der Waals surface area contributed by atoms with Crippen molar-refractivity contribution in [2.45, 2.75) is 84.2 Å². The van der Waals surface area contributed by atoms with Crippen LogP contribution < -0.4 is 9.64 Å². The minimum absolute atomic E-state index is 0.106. The number of carbonyl (C=O) groups is 3. The summed E-state index contributed by atoms with van der Waals surface area (Å²) in [5, 5.41) is 10.5. The number of aliphatic hydroxyl groups is 1. The summed E-state index contributed by atoms with van der Waals surface area (Å²) in [4.78, 5) is 48.8. The van der Waals surface area contributed by atoms with Crippen molar-refractivity contribution in [1.82, 2.24) is 9.80 Å². The quantitative estimate of drug-likeness (QED) is 0.346. The number of ether oxygens (including phenoxy) is 2. The summed E-state index contributed by atoms with van der Waals surface area (Å²) in [5.41, 5.74) is -1.53.